The number of hydrogen-bond donors (Lipinski definition) is 2. The Morgan fingerprint density at radius 1 is 0.774 bits per heavy atom. The molecule has 0 atom stereocenters. The van der Waals surface area contributed by atoms with Crippen LogP contribution in [0.2, 0.25) is 0 Å². The van der Waals surface area contributed by atoms with Gasteiger partial charge in [0.2, 0.25) is 0 Å². The molecule has 9 nitrogen and oxygen atoms in total. The van der Waals surface area contributed by atoms with Crippen LogP contribution in [-0.2, 0) is 9.59 Å². The summed E-state index contributed by atoms with van der Waals surface area (Å²) in [5, 5.41) is 35.7. The summed E-state index contributed by atoms with van der Waals surface area (Å²) in [5.74, 6) is -1.55. The lowest BCUT2D eigenvalue weighted by Gasteiger charge is -2.14. The molecular weight excluding hydrogens is 404 g/mol. The minimum Gasteiger partial charge on any atom is -0.493 e. The van der Waals surface area contributed by atoms with Crippen LogP contribution >= 0.6 is 0 Å². The van der Waals surface area contributed by atoms with Gasteiger partial charge in [-0.2, -0.15) is 10.5 Å². The van der Waals surface area contributed by atoms with E-state index < -0.39 is 23.1 Å². The van der Waals surface area contributed by atoms with Crippen molar-refractivity contribution in [3.63, 3.8) is 0 Å². The third-order valence-corrected chi connectivity index (χ3v) is 3.92. The van der Waals surface area contributed by atoms with Crippen molar-refractivity contribution in [3.05, 3.63) is 58.7 Å². The van der Waals surface area contributed by atoms with Gasteiger partial charge in [-0.05, 0) is 47.5 Å². The number of ether oxygens (including phenoxy) is 3. The zero-order valence-electron chi connectivity index (χ0n) is 16.4. The molecule has 9 heteroatoms. The van der Waals surface area contributed by atoms with E-state index in [1.165, 1.54) is 50.6 Å². The van der Waals surface area contributed by atoms with Gasteiger partial charge in [0.05, 0.1) is 14.2 Å². The molecule has 0 amide bonds. The standard InChI is InChI=1S/C22H16N2O7/c1-29-19-9-13(7-15(11-23)21(25)26)3-5-17(19)31-18-6-4-14(10-20(18)30-2)8-16(12-24)22(27)28/h3-10H,1-2H3,(H,25,26)(H,27,28)/b15-7+,16-8+. The smallest absolute Gasteiger partial charge is 0.346 e. The first-order valence-corrected chi connectivity index (χ1v) is 8.57. The van der Waals surface area contributed by atoms with E-state index in [4.69, 9.17) is 34.9 Å². The molecule has 0 saturated heterocycles. The average Bonchev–Trinajstić information content (AvgIpc) is 2.76. The van der Waals surface area contributed by atoms with Gasteiger partial charge in [0.15, 0.2) is 23.0 Å². The summed E-state index contributed by atoms with van der Waals surface area (Å²) < 4.78 is 16.4. The Balaban J connectivity index is 2.40. The molecule has 2 rings (SSSR count). The monoisotopic (exact) mass is 420 g/mol. The van der Waals surface area contributed by atoms with Crippen LogP contribution in [0.1, 0.15) is 11.1 Å². The van der Waals surface area contributed by atoms with Crippen LogP contribution in [-0.4, -0.2) is 36.4 Å². The van der Waals surface area contributed by atoms with E-state index in [1.54, 1.807) is 24.3 Å². The second-order valence-corrected chi connectivity index (χ2v) is 5.87. The van der Waals surface area contributed by atoms with Crippen molar-refractivity contribution >= 4 is 24.1 Å². The number of methoxy groups -OCH3 is 2. The quantitative estimate of drug-likeness (QED) is 0.483. The molecule has 0 aliphatic carbocycles. The SMILES string of the molecule is COc1cc(/C=C(\C#N)C(=O)O)ccc1Oc1ccc(/C=C(\C#N)C(=O)O)cc1OC. The number of carbonyl (C=O) groups is 2. The molecule has 31 heavy (non-hydrogen) atoms. The molecule has 2 N–H and O–H groups in total. The molecule has 0 heterocycles. The van der Waals surface area contributed by atoms with Gasteiger partial charge in [-0.25, -0.2) is 9.59 Å². The molecule has 0 aromatic heterocycles. The Hall–Kier alpha value is -4.76. The van der Waals surface area contributed by atoms with Gasteiger partial charge in [0.1, 0.15) is 23.3 Å². The lowest BCUT2D eigenvalue weighted by atomic mass is 10.1. The number of carboxylic acids is 2. The van der Waals surface area contributed by atoms with Gasteiger partial charge >= 0.3 is 11.9 Å². The van der Waals surface area contributed by atoms with E-state index in [0.717, 1.165) is 0 Å². The third kappa shape index (κ3) is 5.62. The number of rotatable bonds is 8. The molecule has 0 radical (unpaired) electrons. The maximum absolute atomic E-state index is 11.0. The van der Waals surface area contributed by atoms with Crippen LogP contribution in [0.3, 0.4) is 0 Å². The van der Waals surface area contributed by atoms with Gasteiger partial charge in [-0.3, -0.25) is 0 Å². The number of carboxylic acid groups (broad SMARTS) is 2. The fraction of sp³-hybridized carbons (Fsp3) is 0.0909. The summed E-state index contributed by atoms with van der Waals surface area (Å²) in [4.78, 5) is 22.0. The fourth-order valence-corrected chi connectivity index (χ4v) is 2.45. The fourth-order valence-electron chi connectivity index (χ4n) is 2.45. The predicted molar refractivity (Wildman–Crippen MR) is 109 cm³/mol. The van der Waals surface area contributed by atoms with Gasteiger partial charge in [0.25, 0.3) is 0 Å². The Morgan fingerprint density at radius 3 is 1.45 bits per heavy atom. The lowest BCUT2D eigenvalue weighted by molar-refractivity contribution is -0.133. The number of nitriles is 2. The van der Waals surface area contributed by atoms with Crippen molar-refractivity contribution < 1.29 is 34.0 Å². The first-order chi connectivity index (χ1) is 14.8. The van der Waals surface area contributed by atoms with Crippen molar-refractivity contribution in [2.24, 2.45) is 0 Å². The van der Waals surface area contributed by atoms with Crippen molar-refractivity contribution in [1.82, 2.24) is 0 Å². The summed E-state index contributed by atoms with van der Waals surface area (Å²) in [6, 6.07) is 12.4. The molecule has 0 bridgehead atoms. The highest BCUT2D eigenvalue weighted by atomic mass is 16.5. The van der Waals surface area contributed by atoms with E-state index in [-0.39, 0.29) is 11.5 Å². The normalized spacial score (nSPS) is 11.1. The predicted octanol–water partition coefficient (Wildman–Crippen LogP) is 3.48. The average molecular weight is 420 g/mol. The van der Waals surface area contributed by atoms with Gasteiger partial charge in [0, 0.05) is 0 Å². The number of benzene rings is 2. The summed E-state index contributed by atoms with van der Waals surface area (Å²) in [6.45, 7) is 0. The summed E-state index contributed by atoms with van der Waals surface area (Å²) in [5.41, 5.74) is -0.0140. The van der Waals surface area contributed by atoms with E-state index >= 15 is 0 Å². The number of aliphatic carboxylic acids is 2. The minimum atomic E-state index is -1.34. The second kappa shape index (κ2) is 10.1. The van der Waals surface area contributed by atoms with Crippen molar-refractivity contribution in [1.29, 1.82) is 10.5 Å². The van der Waals surface area contributed by atoms with Crippen molar-refractivity contribution in [2.45, 2.75) is 0 Å². The van der Waals surface area contributed by atoms with Crippen LogP contribution < -0.4 is 14.2 Å². The van der Waals surface area contributed by atoms with E-state index in [2.05, 4.69) is 0 Å². The molecule has 0 unspecified atom stereocenters. The third-order valence-electron chi connectivity index (χ3n) is 3.92. The molecule has 0 aliphatic rings. The summed E-state index contributed by atoms with van der Waals surface area (Å²) >= 11 is 0. The maximum atomic E-state index is 11.0. The van der Waals surface area contributed by atoms with Crippen LogP contribution in [0.5, 0.6) is 23.0 Å². The van der Waals surface area contributed by atoms with Gasteiger partial charge in [-0.15, -0.1) is 0 Å². The maximum Gasteiger partial charge on any atom is 0.346 e. The zero-order chi connectivity index (χ0) is 23.0. The van der Waals surface area contributed by atoms with E-state index in [1.807, 2.05) is 0 Å². The number of hydrogen-bond acceptors (Lipinski definition) is 7. The van der Waals surface area contributed by atoms with Crippen LogP contribution in [0.4, 0.5) is 0 Å². The summed E-state index contributed by atoms with van der Waals surface area (Å²) in [6.07, 6.45) is 2.40. The van der Waals surface area contributed by atoms with Gasteiger partial charge in [-0.1, -0.05) is 12.1 Å². The first kappa shape index (κ1) is 22.5. The molecule has 0 spiro atoms. The molecule has 156 valence electrons. The molecule has 2 aromatic rings. The van der Waals surface area contributed by atoms with Gasteiger partial charge < -0.3 is 24.4 Å². The Morgan fingerprint density at radius 2 is 1.16 bits per heavy atom. The summed E-state index contributed by atoms with van der Waals surface area (Å²) in [7, 11) is 2.80. The highest BCUT2D eigenvalue weighted by Gasteiger charge is 2.13. The molecular formula is C22H16N2O7. The zero-order valence-corrected chi connectivity index (χ0v) is 16.4. The highest BCUT2D eigenvalue weighted by molar-refractivity contribution is 5.97. The Bertz CT molecular complexity index is 1080. The highest BCUT2D eigenvalue weighted by Crippen LogP contribution is 2.37. The molecule has 0 fully saturated rings. The van der Waals surface area contributed by atoms with E-state index in [0.29, 0.717) is 22.6 Å². The van der Waals surface area contributed by atoms with Crippen LogP contribution in [0, 0.1) is 22.7 Å². The number of nitrogens with zero attached hydrogens (tertiary/aromatic N) is 2. The van der Waals surface area contributed by atoms with E-state index in [9.17, 15) is 9.59 Å². The first-order valence-electron chi connectivity index (χ1n) is 8.57. The topological polar surface area (TPSA) is 150 Å². The lowest BCUT2D eigenvalue weighted by Crippen LogP contribution is -1.98. The molecule has 2 aromatic carbocycles. The largest absolute Gasteiger partial charge is 0.493 e. The minimum absolute atomic E-state index is 0.278. The van der Waals surface area contributed by atoms with Crippen LogP contribution in [0.25, 0.3) is 12.2 Å². The van der Waals surface area contributed by atoms with Crippen LogP contribution in [0.15, 0.2) is 47.5 Å². The molecule has 0 saturated carbocycles. The molecule has 0 aliphatic heterocycles. The second-order valence-electron chi connectivity index (χ2n) is 5.87. The Labute approximate surface area is 177 Å². The van der Waals surface area contributed by atoms with Crippen molar-refractivity contribution in [3.8, 4) is 35.1 Å². The Kier molecular flexibility index (Phi) is 7.37. The van der Waals surface area contributed by atoms with Crippen molar-refractivity contribution in [2.75, 3.05) is 14.2 Å².